The summed E-state index contributed by atoms with van der Waals surface area (Å²) < 4.78 is 10.8. The Labute approximate surface area is 212 Å². The van der Waals surface area contributed by atoms with Crippen LogP contribution in [0.1, 0.15) is 35.7 Å². The lowest BCUT2D eigenvalue weighted by Crippen LogP contribution is -2.05. The smallest absolute Gasteiger partial charge is 0.340 e. The third-order valence-corrected chi connectivity index (χ3v) is 6.95. The first-order chi connectivity index (χ1) is 17.1. The molecule has 176 valence electrons. The number of aryl methyl sites for hydroxylation is 1. The molecule has 0 spiro atoms. The van der Waals surface area contributed by atoms with Crippen molar-refractivity contribution >= 4 is 40.8 Å². The van der Waals surface area contributed by atoms with Gasteiger partial charge in [-0.15, -0.1) is 0 Å². The van der Waals surface area contributed by atoms with E-state index in [9.17, 15) is 4.79 Å². The summed E-state index contributed by atoms with van der Waals surface area (Å²) in [7, 11) is 1.39. The van der Waals surface area contributed by atoms with E-state index in [1.165, 1.54) is 24.2 Å². The Balaban J connectivity index is 1.68. The maximum Gasteiger partial charge on any atom is 0.340 e. The molecule has 1 N–H and O–H groups in total. The Morgan fingerprint density at radius 3 is 2.66 bits per heavy atom. The molecule has 35 heavy (non-hydrogen) atoms. The quantitative estimate of drug-likeness (QED) is 0.192. The van der Waals surface area contributed by atoms with Crippen molar-refractivity contribution in [2.45, 2.75) is 26.2 Å². The Morgan fingerprint density at radius 2 is 1.91 bits per heavy atom. The van der Waals surface area contributed by atoms with E-state index in [0.29, 0.717) is 9.52 Å². The van der Waals surface area contributed by atoms with Gasteiger partial charge in [-0.25, -0.2) is 14.8 Å². The van der Waals surface area contributed by atoms with E-state index in [-0.39, 0.29) is 5.97 Å². The van der Waals surface area contributed by atoms with Crippen LogP contribution in [0.5, 0.6) is 0 Å². The number of carbonyl (C=O) groups is 1. The SMILES string of the molecule is CCCCc1cc(-n2cnc3cccc(C(=O)OC)c32)ccc1-c1ccccc1-c1nc(=S)s[nH]1. The van der Waals surface area contributed by atoms with Crippen molar-refractivity contribution < 1.29 is 9.53 Å². The minimum Gasteiger partial charge on any atom is -0.465 e. The average Bonchev–Trinajstić information content (AvgIpc) is 3.53. The van der Waals surface area contributed by atoms with E-state index in [1.54, 1.807) is 12.4 Å². The van der Waals surface area contributed by atoms with Crippen molar-refractivity contribution in [3.8, 4) is 28.2 Å². The average molecular weight is 501 g/mol. The lowest BCUT2D eigenvalue weighted by atomic mass is 9.92. The fourth-order valence-corrected chi connectivity index (χ4v) is 5.06. The van der Waals surface area contributed by atoms with E-state index in [0.717, 1.165) is 58.5 Å². The predicted octanol–water partition coefficient (Wildman–Crippen LogP) is 7.00. The molecule has 3 aromatic carbocycles. The number of aromatic nitrogens is 4. The number of fused-ring (bicyclic) bond motifs is 1. The molecule has 0 bridgehead atoms. The van der Waals surface area contributed by atoms with Gasteiger partial charge in [-0.1, -0.05) is 49.7 Å². The zero-order valence-electron chi connectivity index (χ0n) is 19.4. The predicted molar refractivity (Wildman–Crippen MR) is 143 cm³/mol. The third kappa shape index (κ3) is 4.42. The van der Waals surface area contributed by atoms with Gasteiger partial charge in [0.25, 0.3) is 0 Å². The number of nitrogens with one attached hydrogen (secondary N) is 1. The van der Waals surface area contributed by atoms with E-state index in [2.05, 4.69) is 51.6 Å². The summed E-state index contributed by atoms with van der Waals surface area (Å²) >= 11 is 6.61. The second kappa shape index (κ2) is 9.93. The number of ether oxygens (including phenoxy) is 1. The van der Waals surface area contributed by atoms with Gasteiger partial charge in [0.2, 0.25) is 0 Å². The first-order valence-electron chi connectivity index (χ1n) is 11.4. The lowest BCUT2D eigenvalue weighted by molar-refractivity contribution is 0.0602. The highest BCUT2D eigenvalue weighted by molar-refractivity contribution is 7.73. The van der Waals surface area contributed by atoms with Gasteiger partial charge in [0.15, 0.2) is 3.95 Å². The summed E-state index contributed by atoms with van der Waals surface area (Å²) in [4.78, 5) is 21.5. The standard InChI is InChI=1S/C27H24N4O2S2/c1-3-4-8-17-15-18(31-16-28-23-12-7-11-22(24(23)31)26(32)33-2)13-14-19(17)20-9-5-6-10-21(20)25-29-27(34)35-30-25/h5-7,9-16H,3-4,8H2,1-2H3,(H,29,30,34). The molecule has 5 aromatic rings. The summed E-state index contributed by atoms with van der Waals surface area (Å²) in [5.74, 6) is 0.402. The van der Waals surface area contributed by atoms with E-state index in [1.807, 2.05) is 28.8 Å². The molecular formula is C27H24N4O2S2. The second-order valence-corrected chi connectivity index (χ2v) is 9.64. The van der Waals surface area contributed by atoms with Crippen molar-refractivity contribution in [3.05, 3.63) is 82.1 Å². The Hall–Kier alpha value is -3.62. The maximum absolute atomic E-state index is 12.5. The van der Waals surface area contributed by atoms with Crippen LogP contribution in [0.25, 0.3) is 39.2 Å². The summed E-state index contributed by atoms with van der Waals surface area (Å²) in [5, 5.41) is 0. The van der Waals surface area contributed by atoms with Crippen molar-refractivity contribution in [3.63, 3.8) is 0 Å². The van der Waals surface area contributed by atoms with E-state index in [4.69, 9.17) is 17.0 Å². The van der Waals surface area contributed by atoms with Crippen LogP contribution < -0.4 is 0 Å². The molecule has 0 unspecified atom stereocenters. The minimum absolute atomic E-state index is 0.380. The molecule has 2 heterocycles. The number of esters is 1. The number of H-pyrrole nitrogens is 1. The van der Waals surface area contributed by atoms with Gasteiger partial charge >= 0.3 is 5.97 Å². The van der Waals surface area contributed by atoms with Gasteiger partial charge in [-0.05, 0) is 77.5 Å². The second-order valence-electron chi connectivity index (χ2n) is 8.20. The van der Waals surface area contributed by atoms with Crippen molar-refractivity contribution in [2.24, 2.45) is 0 Å². The van der Waals surface area contributed by atoms with Crippen LogP contribution in [-0.4, -0.2) is 32.0 Å². The number of imidazole rings is 1. The van der Waals surface area contributed by atoms with Gasteiger partial charge < -0.3 is 4.74 Å². The van der Waals surface area contributed by atoms with Gasteiger partial charge in [-0.3, -0.25) is 8.94 Å². The number of unbranched alkanes of at least 4 members (excludes halogenated alkanes) is 1. The number of carbonyl (C=O) groups excluding carboxylic acids is 1. The van der Waals surface area contributed by atoms with E-state index < -0.39 is 0 Å². The summed E-state index contributed by atoms with van der Waals surface area (Å²) in [6.07, 6.45) is 4.84. The summed E-state index contributed by atoms with van der Waals surface area (Å²) in [5.41, 5.74) is 7.43. The molecule has 6 nitrogen and oxygen atoms in total. The number of hydrogen-bond acceptors (Lipinski definition) is 6. The number of benzene rings is 3. The van der Waals surface area contributed by atoms with Gasteiger partial charge in [-0.2, -0.15) is 0 Å². The molecule has 0 aliphatic heterocycles. The van der Waals surface area contributed by atoms with E-state index >= 15 is 0 Å². The van der Waals surface area contributed by atoms with Gasteiger partial charge in [0, 0.05) is 11.3 Å². The van der Waals surface area contributed by atoms with Gasteiger partial charge in [0.05, 0.1) is 23.7 Å². The number of nitrogens with zero attached hydrogens (tertiary/aromatic N) is 3. The largest absolute Gasteiger partial charge is 0.465 e. The highest BCUT2D eigenvalue weighted by Crippen LogP contribution is 2.35. The topological polar surface area (TPSA) is 72.8 Å². The number of rotatable bonds is 7. The van der Waals surface area contributed by atoms with Crippen LogP contribution in [0.4, 0.5) is 0 Å². The fourth-order valence-electron chi connectivity index (χ4n) is 4.37. The number of methoxy groups -OCH3 is 1. The highest BCUT2D eigenvalue weighted by atomic mass is 32.2. The molecule has 0 saturated carbocycles. The van der Waals surface area contributed by atoms with Gasteiger partial charge in [0.1, 0.15) is 12.2 Å². The maximum atomic E-state index is 12.5. The zero-order chi connectivity index (χ0) is 24.4. The molecule has 0 radical (unpaired) electrons. The molecule has 0 aliphatic rings. The van der Waals surface area contributed by atoms with Crippen LogP contribution >= 0.6 is 23.8 Å². The number of aromatic amines is 1. The molecule has 5 rings (SSSR count). The number of hydrogen-bond donors (Lipinski definition) is 1. The Morgan fingerprint density at radius 1 is 1.09 bits per heavy atom. The molecule has 0 fully saturated rings. The minimum atomic E-state index is -0.380. The molecule has 0 saturated heterocycles. The first-order valence-corrected chi connectivity index (χ1v) is 12.7. The Kier molecular flexibility index (Phi) is 6.57. The lowest BCUT2D eigenvalue weighted by Gasteiger charge is -2.16. The van der Waals surface area contributed by atoms with Crippen LogP contribution in [0.3, 0.4) is 0 Å². The molecular weight excluding hydrogens is 476 g/mol. The zero-order valence-corrected chi connectivity index (χ0v) is 21.1. The summed E-state index contributed by atoms with van der Waals surface area (Å²) in [6, 6.07) is 20.2. The van der Waals surface area contributed by atoms with Crippen LogP contribution in [0.2, 0.25) is 0 Å². The molecule has 0 aliphatic carbocycles. The van der Waals surface area contributed by atoms with Crippen molar-refractivity contribution in [1.29, 1.82) is 0 Å². The molecule has 2 aromatic heterocycles. The monoisotopic (exact) mass is 500 g/mol. The van der Waals surface area contributed by atoms with Crippen LogP contribution in [-0.2, 0) is 11.2 Å². The summed E-state index contributed by atoms with van der Waals surface area (Å²) in [6.45, 7) is 2.19. The molecule has 0 amide bonds. The van der Waals surface area contributed by atoms with Crippen molar-refractivity contribution in [2.75, 3.05) is 7.11 Å². The molecule has 8 heteroatoms. The fraction of sp³-hybridized carbons (Fsp3) is 0.185. The number of para-hydroxylation sites is 1. The van der Waals surface area contributed by atoms with Crippen molar-refractivity contribution in [1.82, 2.24) is 18.9 Å². The Bertz CT molecular complexity index is 1580. The molecule has 0 atom stereocenters. The first kappa shape index (κ1) is 23.1. The van der Waals surface area contributed by atoms with Crippen LogP contribution in [0.15, 0.2) is 67.0 Å². The third-order valence-electron chi connectivity index (χ3n) is 6.05. The normalized spacial score (nSPS) is 11.1. The van der Waals surface area contributed by atoms with Crippen LogP contribution in [0, 0.1) is 3.95 Å². The highest BCUT2D eigenvalue weighted by Gasteiger charge is 2.18.